The highest BCUT2D eigenvalue weighted by molar-refractivity contribution is 5.77. The number of fused-ring (bicyclic) bond motifs is 1. The van der Waals surface area contributed by atoms with Crippen molar-refractivity contribution in [3.63, 3.8) is 0 Å². The third-order valence-corrected chi connectivity index (χ3v) is 2.14. The number of methoxy groups -OCH3 is 1. The van der Waals surface area contributed by atoms with Gasteiger partial charge in [-0.05, 0) is 12.1 Å². The van der Waals surface area contributed by atoms with Crippen molar-refractivity contribution in [3.05, 3.63) is 34.6 Å². The number of benzene rings is 1. The number of hydrogen-bond acceptors (Lipinski definition) is 5. The fourth-order valence-corrected chi connectivity index (χ4v) is 1.31. The molecule has 0 aliphatic rings. The predicted molar refractivity (Wildman–Crippen MR) is 55.8 cm³/mol. The summed E-state index contributed by atoms with van der Waals surface area (Å²) in [5, 5.41) is 7.91. The molecule has 0 N–H and O–H groups in total. The van der Waals surface area contributed by atoms with Crippen LogP contribution in [0.15, 0.2) is 29.1 Å². The summed E-state index contributed by atoms with van der Waals surface area (Å²) in [5.74, 6) is -0.535. The average Bonchev–Trinajstić information content (AvgIpc) is 2.33. The second-order valence-electron chi connectivity index (χ2n) is 3.15. The molecule has 16 heavy (non-hydrogen) atoms. The van der Waals surface area contributed by atoms with Crippen molar-refractivity contribution in [2.45, 2.75) is 6.54 Å². The Balaban J connectivity index is 2.53. The van der Waals surface area contributed by atoms with Gasteiger partial charge in [0, 0.05) is 0 Å². The van der Waals surface area contributed by atoms with Crippen molar-refractivity contribution in [2.75, 3.05) is 7.11 Å². The van der Waals surface area contributed by atoms with Gasteiger partial charge in [0.25, 0.3) is 5.56 Å². The Hall–Kier alpha value is -2.24. The first kappa shape index (κ1) is 10.3. The standard InChI is InChI=1S/C10H9N3O3/c1-16-9(14)6-13-10(15)7-4-2-3-5-8(7)11-12-13/h2-5H,6H2,1H3. The van der Waals surface area contributed by atoms with Gasteiger partial charge in [0.1, 0.15) is 12.1 Å². The number of carbonyl (C=O) groups is 1. The summed E-state index contributed by atoms with van der Waals surface area (Å²) in [6.45, 7) is -0.229. The van der Waals surface area contributed by atoms with E-state index < -0.39 is 5.97 Å². The quantitative estimate of drug-likeness (QED) is 0.663. The molecule has 0 saturated carbocycles. The van der Waals surface area contributed by atoms with Gasteiger partial charge in [0.2, 0.25) is 0 Å². The van der Waals surface area contributed by atoms with E-state index >= 15 is 0 Å². The first-order chi connectivity index (χ1) is 7.72. The first-order valence-corrected chi connectivity index (χ1v) is 4.61. The van der Waals surface area contributed by atoms with Gasteiger partial charge in [-0.2, -0.15) is 4.68 Å². The van der Waals surface area contributed by atoms with E-state index in [1.165, 1.54) is 7.11 Å². The number of ether oxygens (including phenoxy) is 1. The summed E-state index contributed by atoms with van der Waals surface area (Å²) in [6.07, 6.45) is 0. The van der Waals surface area contributed by atoms with Crippen molar-refractivity contribution in [1.29, 1.82) is 0 Å². The van der Waals surface area contributed by atoms with Crippen LogP contribution < -0.4 is 5.56 Å². The third-order valence-electron chi connectivity index (χ3n) is 2.14. The smallest absolute Gasteiger partial charge is 0.327 e. The van der Waals surface area contributed by atoms with Crippen LogP contribution in [0, 0.1) is 0 Å². The molecule has 0 atom stereocenters. The van der Waals surface area contributed by atoms with Crippen LogP contribution in [-0.2, 0) is 16.1 Å². The summed E-state index contributed by atoms with van der Waals surface area (Å²) in [6, 6.07) is 6.82. The molecule has 0 radical (unpaired) electrons. The fraction of sp³-hybridized carbons (Fsp3) is 0.200. The number of aromatic nitrogens is 3. The van der Waals surface area contributed by atoms with Crippen molar-refractivity contribution in [3.8, 4) is 0 Å². The van der Waals surface area contributed by atoms with Crippen LogP contribution in [0.5, 0.6) is 0 Å². The highest BCUT2D eigenvalue weighted by Crippen LogP contribution is 2.03. The molecular weight excluding hydrogens is 210 g/mol. The van der Waals surface area contributed by atoms with Crippen molar-refractivity contribution < 1.29 is 9.53 Å². The van der Waals surface area contributed by atoms with E-state index in [0.29, 0.717) is 10.9 Å². The number of hydrogen-bond donors (Lipinski definition) is 0. The van der Waals surface area contributed by atoms with Crippen LogP contribution in [0.4, 0.5) is 0 Å². The van der Waals surface area contributed by atoms with Crippen LogP contribution in [0.25, 0.3) is 10.9 Å². The molecule has 82 valence electrons. The summed E-state index contributed by atoms with van der Waals surface area (Å²) < 4.78 is 5.44. The van der Waals surface area contributed by atoms with Crippen molar-refractivity contribution in [1.82, 2.24) is 15.0 Å². The first-order valence-electron chi connectivity index (χ1n) is 4.61. The van der Waals surface area contributed by atoms with Gasteiger partial charge in [-0.1, -0.05) is 17.3 Å². The van der Waals surface area contributed by atoms with Crippen molar-refractivity contribution >= 4 is 16.9 Å². The normalized spacial score (nSPS) is 10.3. The van der Waals surface area contributed by atoms with E-state index in [-0.39, 0.29) is 12.1 Å². The van der Waals surface area contributed by atoms with Gasteiger partial charge in [0.05, 0.1) is 12.5 Å². The lowest BCUT2D eigenvalue weighted by Gasteiger charge is -2.02. The van der Waals surface area contributed by atoms with Crippen molar-refractivity contribution in [2.24, 2.45) is 0 Å². The molecule has 0 spiro atoms. The highest BCUT2D eigenvalue weighted by Gasteiger charge is 2.08. The minimum atomic E-state index is -0.535. The summed E-state index contributed by atoms with van der Waals surface area (Å²) in [7, 11) is 1.25. The Morgan fingerprint density at radius 3 is 2.94 bits per heavy atom. The lowest BCUT2D eigenvalue weighted by atomic mass is 10.2. The van der Waals surface area contributed by atoms with Crippen LogP contribution in [-0.4, -0.2) is 28.1 Å². The van der Waals surface area contributed by atoms with E-state index in [9.17, 15) is 9.59 Å². The molecule has 0 fully saturated rings. The van der Waals surface area contributed by atoms with Gasteiger partial charge in [-0.25, -0.2) is 0 Å². The topological polar surface area (TPSA) is 74.1 Å². The zero-order chi connectivity index (χ0) is 11.5. The van der Waals surface area contributed by atoms with E-state index in [1.807, 2.05) is 0 Å². The number of nitrogens with zero attached hydrogens (tertiary/aromatic N) is 3. The second kappa shape index (κ2) is 4.09. The van der Waals surface area contributed by atoms with Crippen LogP contribution in [0.3, 0.4) is 0 Å². The number of carbonyl (C=O) groups excluding carboxylic acids is 1. The molecule has 1 aromatic heterocycles. The molecule has 0 aliphatic carbocycles. The fourth-order valence-electron chi connectivity index (χ4n) is 1.31. The number of esters is 1. The van der Waals surface area contributed by atoms with Crippen LogP contribution in [0.1, 0.15) is 0 Å². The lowest BCUT2D eigenvalue weighted by Crippen LogP contribution is -2.28. The van der Waals surface area contributed by atoms with E-state index in [1.54, 1.807) is 24.3 Å². The Bertz CT molecular complexity index is 591. The molecule has 0 aliphatic heterocycles. The molecule has 1 heterocycles. The minimum absolute atomic E-state index is 0.229. The Morgan fingerprint density at radius 2 is 2.19 bits per heavy atom. The molecule has 0 unspecified atom stereocenters. The monoisotopic (exact) mass is 219 g/mol. The van der Waals surface area contributed by atoms with E-state index in [2.05, 4.69) is 15.0 Å². The predicted octanol–water partition coefficient (Wildman–Crippen LogP) is -0.0355. The maximum atomic E-state index is 11.8. The summed E-state index contributed by atoms with van der Waals surface area (Å²) >= 11 is 0. The zero-order valence-corrected chi connectivity index (χ0v) is 8.58. The Labute approximate surface area is 90.5 Å². The number of rotatable bonds is 2. The second-order valence-corrected chi connectivity index (χ2v) is 3.15. The van der Waals surface area contributed by atoms with Gasteiger partial charge < -0.3 is 4.74 Å². The maximum absolute atomic E-state index is 11.8. The molecular formula is C10H9N3O3. The average molecular weight is 219 g/mol. The zero-order valence-electron chi connectivity index (χ0n) is 8.58. The Kier molecular flexibility index (Phi) is 2.63. The minimum Gasteiger partial charge on any atom is -0.468 e. The third kappa shape index (κ3) is 1.77. The molecule has 2 rings (SSSR count). The maximum Gasteiger partial charge on any atom is 0.327 e. The molecule has 6 nitrogen and oxygen atoms in total. The van der Waals surface area contributed by atoms with Gasteiger partial charge in [-0.3, -0.25) is 9.59 Å². The van der Waals surface area contributed by atoms with Gasteiger partial charge >= 0.3 is 5.97 Å². The SMILES string of the molecule is COC(=O)Cn1nnc2ccccc2c1=O. The van der Waals surface area contributed by atoms with Crippen LogP contribution >= 0.6 is 0 Å². The van der Waals surface area contributed by atoms with Gasteiger partial charge in [-0.15, -0.1) is 5.10 Å². The van der Waals surface area contributed by atoms with Gasteiger partial charge in [0.15, 0.2) is 0 Å². The molecule has 0 amide bonds. The molecule has 2 aromatic rings. The molecule has 0 bridgehead atoms. The Morgan fingerprint density at radius 1 is 1.44 bits per heavy atom. The highest BCUT2D eigenvalue weighted by atomic mass is 16.5. The van der Waals surface area contributed by atoms with Crippen LogP contribution in [0.2, 0.25) is 0 Å². The summed E-state index contributed by atoms with van der Waals surface area (Å²) in [5.41, 5.74) is 0.157. The summed E-state index contributed by atoms with van der Waals surface area (Å²) in [4.78, 5) is 22.9. The molecule has 1 aromatic carbocycles. The lowest BCUT2D eigenvalue weighted by molar-refractivity contribution is -0.141. The van der Waals surface area contributed by atoms with E-state index in [0.717, 1.165) is 4.68 Å². The van der Waals surface area contributed by atoms with E-state index in [4.69, 9.17) is 0 Å². The molecule has 6 heteroatoms. The largest absolute Gasteiger partial charge is 0.468 e. The molecule has 0 saturated heterocycles.